The molecule has 0 unspecified atom stereocenters. The molecule has 0 aliphatic rings. The van der Waals surface area contributed by atoms with E-state index >= 15 is 0 Å². The summed E-state index contributed by atoms with van der Waals surface area (Å²) in [6.45, 7) is 5.85. The van der Waals surface area contributed by atoms with Gasteiger partial charge in [0.2, 0.25) is 0 Å². The molecule has 0 bridgehead atoms. The molecule has 0 aliphatic carbocycles. The number of esters is 2. The molecule has 0 saturated heterocycles. The maximum absolute atomic E-state index is 12.5. The fourth-order valence-electron chi connectivity index (χ4n) is 3.00. The lowest BCUT2D eigenvalue weighted by molar-refractivity contribution is -0.157. The highest BCUT2D eigenvalue weighted by molar-refractivity contribution is 6.04. The van der Waals surface area contributed by atoms with Gasteiger partial charge in [-0.25, -0.2) is 0 Å². The predicted octanol–water partition coefficient (Wildman–Crippen LogP) is 2.32. The first-order chi connectivity index (χ1) is 12.8. The second-order valence-corrected chi connectivity index (χ2v) is 5.98. The Labute approximate surface area is 159 Å². The Morgan fingerprint density at radius 1 is 0.815 bits per heavy atom. The molecule has 0 saturated carbocycles. The molecule has 1 rings (SSSR count). The number of Topliss-reactive ketones (excluding diaryl/α,β-unsaturated/α-hetero) is 2. The maximum Gasteiger partial charge on any atom is 0.317 e. The fraction of sp³-hybridized carbons (Fsp3) is 0.500. The van der Waals surface area contributed by atoms with Crippen LogP contribution in [-0.4, -0.2) is 43.8 Å². The number of benzene rings is 1. The summed E-state index contributed by atoms with van der Waals surface area (Å²) in [6, 6.07) is 6.50. The van der Waals surface area contributed by atoms with Gasteiger partial charge in [0.15, 0.2) is 0 Å². The average molecular weight is 378 g/mol. The summed E-state index contributed by atoms with van der Waals surface area (Å²) in [4.78, 5) is 49.6. The van der Waals surface area contributed by atoms with Crippen molar-refractivity contribution in [2.75, 3.05) is 20.3 Å². The molecule has 0 heterocycles. The molecule has 0 radical (unpaired) electrons. The summed E-state index contributed by atoms with van der Waals surface area (Å²) in [5, 5.41) is 0. The zero-order valence-corrected chi connectivity index (χ0v) is 16.3. The van der Waals surface area contributed by atoms with Crippen LogP contribution in [0.5, 0.6) is 5.75 Å². The van der Waals surface area contributed by atoms with Crippen molar-refractivity contribution in [3.63, 3.8) is 0 Å². The normalized spacial score (nSPS) is 12.8. The Hall–Kier alpha value is -2.70. The fourth-order valence-corrected chi connectivity index (χ4v) is 3.00. The topological polar surface area (TPSA) is 96.0 Å². The Morgan fingerprint density at radius 2 is 1.22 bits per heavy atom. The molecule has 0 aliphatic heterocycles. The Kier molecular flexibility index (Phi) is 8.65. The number of ether oxygens (including phenoxy) is 3. The van der Waals surface area contributed by atoms with Crippen molar-refractivity contribution in [2.24, 2.45) is 11.8 Å². The monoisotopic (exact) mass is 378 g/mol. The van der Waals surface area contributed by atoms with E-state index in [0.29, 0.717) is 11.3 Å². The highest BCUT2D eigenvalue weighted by Crippen LogP contribution is 2.36. The van der Waals surface area contributed by atoms with Crippen LogP contribution in [0.1, 0.15) is 39.2 Å². The second-order valence-electron chi connectivity index (χ2n) is 5.98. The Morgan fingerprint density at radius 3 is 1.52 bits per heavy atom. The molecule has 0 spiro atoms. The van der Waals surface area contributed by atoms with Crippen molar-refractivity contribution in [2.45, 2.75) is 33.6 Å². The summed E-state index contributed by atoms with van der Waals surface area (Å²) in [5.41, 5.74) is 0.470. The lowest BCUT2D eigenvalue weighted by atomic mass is 9.73. The van der Waals surface area contributed by atoms with Crippen LogP contribution in [-0.2, 0) is 28.7 Å². The van der Waals surface area contributed by atoms with E-state index in [1.54, 1.807) is 38.1 Å². The summed E-state index contributed by atoms with van der Waals surface area (Å²) in [5.74, 6) is -5.64. The van der Waals surface area contributed by atoms with Crippen LogP contribution < -0.4 is 4.74 Å². The number of hydrogen-bond donors (Lipinski definition) is 0. The summed E-state index contributed by atoms with van der Waals surface area (Å²) < 4.78 is 15.2. The van der Waals surface area contributed by atoms with E-state index in [9.17, 15) is 19.2 Å². The number of ketones is 2. The molecular weight excluding hydrogens is 352 g/mol. The van der Waals surface area contributed by atoms with Crippen LogP contribution in [0.15, 0.2) is 24.3 Å². The van der Waals surface area contributed by atoms with Crippen molar-refractivity contribution in [1.29, 1.82) is 0 Å². The quantitative estimate of drug-likeness (QED) is 0.455. The van der Waals surface area contributed by atoms with Crippen molar-refractivity contribution in [1.82, 2.24) is 0 Å². The molecule has 27 heavy (non-hydrogen) atoms. The van der Waals surface area contributed by atoms with E-state index in [1.165, 1.54) is 21.0 Å². The van der Waals surface area contributed by atoms with Gasteiger partial charge < -0.3 is 14.2 Å². The molecular formula is C20H26O7. The van der Waals surface area contributed by atoms with Crippen molar-refractivity contribution in [3.8, 4) is 5.75 Å². The largest absolute Gasteiger partial charge is 0.497 e. The van der Waals surface area contributed by atoms with E-state index in [0.717, 1.165) is 0 Å². The SMILES string of the molecule is CCOC(=O)[C@H](C(C)=O)C(c1ccc(OC)cc1)[C@@H](C(C)=O)C(=O)OCC. The predicted molar refractivity (Wildman–Crippen MR) is 97.3 cm³/mol. The Bertz CT molecular complexity index is 642. The first-order valence-electron chi connectivity index (χ1n) is 8.76. The van der Waals surface area contributed by atoms with E-state index in [2.05, 4.69) is 0 Å². The minimum atomic E-state index is -1.31. The lowest BCUT2D eigenvalue weighted by Crippen LogP contribution is -2.40. The Balaban J connectivity index is 3.56. The zero-order chi connectivity index (χ0) is 20.6. The zero-order valence-electron chi connectivity index (χ0n) is 16.3. The van der Waals surface area contributed by atoms with Crippen molar-refractivity contribution in [3.05, 3.63) is 29.8 Å². The molecule has 148 valence electrons. The van der Waals surface area contributed by atoms with Gasteiger partial charge in [-0.15, -0.1) is 0 Å². The highest BCUT2D eigenvalue weighted by Gasteiger charge is 2.45. The summed E-state index contributed by atoms with van der Waals surface area (Å²) in [6.07, 6.45) is 0. The smallest absolute Gasteiger partial charge is 0.317 e. The van der Waals surface area contributed by atoms with Gasteiger partial charge in [-0.1, -0.05) is 12.1 Å². The third-order valence-electron chi connectivity index (χ3n) is 4.18. The second kappa shape index (κ2) is 10.4. The molecule has 0 fully saturated rings. The van der Waals surface area contributed by atoms with Gasteiger partial charge >= 0.3 is 11.9 Å². The first kappa shape index (κ1) is 22.3. The van der Waals surface area contributed by atoms with E-state index in [4.69, 9.17) is 14.2 Å². The average Bonchev–Trinajstić information content (AvgIpc) is 2.61. The van der Waals surface area contributed by atoms with Crippen LogP contribution in [0, 0.1) is 11.8 Å². The number of carbonyl (C=O) groups is 4. The van der Waals surface area contributed by atoms with Crippen LogP contribution in [0.4, 0.5) is 0 Å². The number of carbonyl (C=O) groups excluding carboxylic acids is 4. The van der Waals surface area contributed by atoms with Crippen LogP contribution in [0.25, 0.3) is 0 Å². The van der Waals surface area contributed by atoms with Crippen LogP contribution in [0.2, 0.25) is 0 Å². The van der Waals surface area contributed by atoms with Gasteiger partial charge in [-0.05, 0) is 45.4 Å². The van der Waals surface area contributed by atoms with Gasteiger partial charge in [0, 0.05) is 5.92 Å². The molecule has 7 heteroatoms. The number of rotatable bonds is 10. The molecule has 2 atom stereocenters. The minimum absolute atomic E-state index is 0.0715. The number of methoxy groups -OCH3 is 1. The number of hydrogen-bond acceptors (Lipinski definition) is 7. The van der Waals surface area contributed by atoms with E-state index in [1.807, 2.05) is 0 Å². The molecule has 1 aromatic carbocycles. The highest BCUT2D eigenvalue weighted by atomic mass is 16.5. The third-order valence-corrected chi connectivity index (χ3v) is 4.18. The van der Waals surface area contributed by atoms with Gasteiger partial charge in [-0.3, -0.25) is 19.2 Å². The lowest BCUT2D eigenvalue weighted by Gasteiger charge is -2.29. The van der Waals surface area contributed by atoms with Crippen molar-refractivity contribution >= 4 is 23.5 Å². The maximum atomic E-state index is 12.5. The van der Waals surface area contributed by atoms with E-state index in [-0.39, 0.29) is 13.2 Å². The van der Waals surface area contributed by atoms with Crippen LogP contribution in [0.3, 0.4) is 0 Å². The molecule has 0 aromatic heterocycles. The molecule has 7 nitrogen and oxygen atoms in total. The minimum Gasteiger partial charge on any atom is -0.497 e. The van der Waals surface area contributed by atoms with Gasteiger partial charge in [0.25, 0.3) is 0 Å². The van der Waals surface area contributed by atoms with Gasteiger partial charge in [0.1, 0.15) is 29.2 Å². The molecule has 0 amide bonds. The standard InChI is InChI=1S/C20H26O7/c1-6-26-19(23)16(12(3)21)18(14-8-10-15(25-5)11-9-14)17(13(4)22)20(24)27-7-2/h8-11,16-18H,6-7H2,1-5H3/t16-,17-/m1/s1. The summed E-state index contributed by atoms with van der Waals surface area (Å²) >= 11 is 0. The van der Waals surface area contributed by atoms with Gasteiger partial charge in [-0.2, -0.15) is 0 Å². The van der Waals surface area contributed by atoms with Crippen molar-refractivity contribution < 1.29 is 33.4 Å². The molecule has 1 aromatic rings. The first-order valence-corrected chi connectivity index (χ1v) is 8.76. The molecule has 0 N–H and O–H groups in total. The third kappa shape index (κ3) is 5.64. The summed E-state index contributed by atoms with van der Waals surface area (Å²) in [7, 11) is 1.50. The van der Waals surface area contributed by atoms with Gasteiger partial charge in [0.05, 0.1) is 20.3 Å². The van der Waals surface area contributed by atoms with E-state index < -0.39 is 41.3 Å². The van der Waals surface area contributed by atoms with Crippen LogP contribution >= 0.6 is 0 Å².